The second-order valence-corrected chi connectivity index (χ2v) is 6.43. The number of nitrogens with zero attached hydrogens (tertiary/aromatic N) is 1. The maximum absolute atomic E-state index is 13.5. The molecule has 4 nitrogen and oxygen atoms in total. The maximum atomic E-state index is 13.5. The fraction of sp³-hybridized carbons (Fsp3) is 0.500. The number of sulfonamides is 1. The van der Waals surface area contributed by atoms with Gasteiger partial charge < -0.3 is 5.32 Å². The Kier molecular flexibility index (Phi) is 3.99. The average molecular weight is 272 g/mol. The first-order valence-corrected chi connectivity index (χ1v) is 7.55. The zero-order chi connectivity index (χ0) is 13.2. The highest BCUT2D eigenvalue weighted by Gasteiger charge is 2.29. The third-order valence-corrected chi connectivity index (χ3v) is 5.03. The van der Waals surface area contributed by atoms with E-state index in [-0.39, 0.29) is 17.4 Å². The molecule has 1 aromatic carbocycles. The topological polar surface area (TPSA) is 49.4 Å². The van der Waals surface area contributed by atoms with Gasteiger partial charge in [-0.2, -0.15) is 4.31 Å². The molecule has 1 fully saturated rings. The van der Waals surface area contributed by atoms with Crippen molar-refractivity contribution in [3.05, 3.63) is 35.6 Å². The molecule has 1 aliphatic rings. The molecule has 18 heavy (non-hydrogen) atoms. The Hall–Kier alpha value is -0.980. The summed E-state index contributed by atoms with van der Waals surface area (Å²) in [5.41, 5.74) is 0.225. The Morgan fingerprint density at radius 2 is 2.17 bits per heavy atom. The molecule has 1 atom stereocenters. The van der Waals surface area contributed by atoms with Crippen LogP contribution in [0.25, 0.3) is 0 Å². The van der Waals surface area contributed by atoms with Crippen LogP contribution in [0.5, 0.6) is 0 Å². The lowest BCUT2D eigenvalue weighted by Crippen LogP contribution is -2.52. The molecule has 1 N–H and O–H groups in total. The second kappa shape index (κ2) is 5.34. The summed E-state index contributed by atoms with van der Waals surface area (Å²) in [6.07, 6.45) is 0. The zero-order valence-electron chi connectivity index (χ0n) is 10.3. The number of hydrogen-bond acceptors (Lipinski definition) is 3. The van der Waals surface area contributed by atoms with Crippen LogP contribution in [0.3, 0.4) is 0 Å². The number of piperazine rings is 1. The predicted molar refractivity (Wildman–Crippen MR) is 68.1 cm³/mol. The lowest BCUT2D eigenvalue weighted by molar-refractivity contribution is 0.283. The van der Waals surface area contributed by atoms with E-state index in [4.69, 9.17) is 0 Å². The smallest absolute Gasteiger partial charge is 0.218 e. The van der Waals surface area contributed by atoms with E-state index in [1.54, 1.807) is 12.1 Å². The number of halogens is 1. The summed E-state index contributed by atoms with van der Waals surface area (Å²) in [7, 11) is -3.45. The Labute approximate surface area is 107 Å². The van der Waals surface area contributed by atoms with Gasteiger partial charge in [0.2, 0.25) is 10.0 Å². The first-order chi connectivity index (χ1) is 8.50. The van der Waals surface area contributed by atoms with Gasteiger partial charge in [-0.05, 0) is 13.0 Å². The largest absolute Gasteiger partial charge is 0.314 e. The molecule has 0 bridgehead atoms. The van der Waals surface area contributed by atoms with Gasteiger partial charge >= 0.3 is 0 Å². The molecule has 0 saturated carbocycles. The van der Waals surface area contributed by atoms with Crippen LogP contribution in [0.15, 0.2) is 24.3 Å². The summed E-state index contributed by atoms with van der Waals surface area (Å²) < 4.78 is 39.4. The standard InChI is InChI=1S/C12H17FN2O2S/c1-10-8-14-6-7-15(10)18(16,17)9-11-4-2-3-5-12(11)13/h2-5,10,14H,6-9H2,1H3. The normalized spacial score (nSPS) is 22.0. The molecule has 100 valence electrons. The van der Waals surface area contributed by atoms with Crippen LogP contribution in [0.2, 0.25) is 0 Å². The Morgan fingerprint density at radius 1 is 1.44 bits per heavy atom. The van der Waals surface area contributed by atoms with Gasteiger partial charge in [0.15, 0.2) is 0 Å². The van der Waals surface area contributed by atoms with Crippen LogP contribution < -0.4 is 5.32 Å². The van der Waals surface area contributed by atoms with Gasteiger partial charge in [-0.3, -0.25) is 0 Å². The monoisotopic (exact) mass is 272 g/mol. The second-order valence-electron chi connectivity index (χ2n) is 4.51. The fourth-order valence-electron chi connectivity index (χ4n) is 2.13. The lowest BCUT2D eigenvalue weighted by Gasteiger charge is -2.32. The molecule has 2 rings (SSSR count). The summed E-state index contributed by atoms with van der Waals surface area (Å²) in [5, 5.41) is 3.13. The molecule has 0 radical (unpaired) electrons. The van der Waals surface area contributed by atoms with E-state index in [9.17, 15) is 12.8 Å². The van der Waals surface area contributed by atoms with Crippen molar-refractivity contribution in [1.82, 2.24) is 9.62 Å². The Morgan fingerprint density at radius 3 is 2.83 bits per heavy atom. The first-order valence-electron chi connectivity index (χ1n) is 5.94. The van der Waals surface area contributed by atoms with Crippen LogP contribution in [-0.4, -0.2) is 38.4 Å². The molecule has 1 aromatic rings. The van der Waals surface area contributed by atoms with Crippen LogP contribution in [-0.2, 0) is 15.8 Å². The summed E-state index contributed by atoms with van der Waals surface area (Å²) in [6, 6.07) is 5.91. The van der Waals surface area contributed by atoms with E-state index in [1.807, 2.05) is 6.92 Å². The Bertz CT molecular complexity index is 519. The van der Waals surface area contributed by atoms with Crippen molar-refractivity contribution in [1.29, 1.82) is 0 Å². The van der Waals surface area contributed by atoms with Crippen molar-refractivity contribution in [2.45, 2.75) is 18.7 Å². The van der Waals surface area contributed by atoms with Crippen molar-refractivity contribution in [3.8, 4) is 0 Å². The lowest BCUT2D eigenvalue weighted by atomic mass is 10.2. The van der Waals surface area contributed by atoms with E-state index in [1.165, 1.54) is 16.4 Å². The summed E-state index contributed by atoms with van der Waals surface area (Å²) in [4.78, 5) is 0. The minimum atomic E-state index is -3.45. The van der Waals surface area contributed by atoms with E-state index in [0.717, 1.165) is 0 Å². The van der Waals surface area contributed by atoms with Gasteiger partial charge in [-0.1, -0.05) is 18.2 Å². The van der Waals surface area contributed by atoms with Gasteiger partial charge in [0.05, 0.1) is 5.75 Å². The molecule has 1 heterocycles. The Balaban J connectivity index is 2.19. The molecule has 6 heteroatoms. The minimum Gasteiger partial charge on any atom is -0.314 e. The molecule has 0 spiro atoms. The summed E-state index contributed by atoms with van der Waals surface area (Å²) in [6.45, 7) is 3.57. The van der Waals surface area contributed by atoms with Crippen molar-refractivity contribution < 1.29 is 12.8 Å². The first kappa shape index (κ1) is 13.5. The van der Waals surface area contributed by atoms with Crippen LogP contribution in [0.4, 0.5) is 4.39 Å². The highest BCUT2D eigenvalue weighted by Crippen LogP contribution is 2.17. The van der Waals surface area contributed by atoms with Gasteiger partial charge in [0, 0.05) is 31.2 Å². The maximum Gasteiger partial charge on any atom is 0.218 e. The molecule has 1 aliphatic heterocycles. The number of nitrogens with one attached hydrogen (secondary N) is 1. The van der Waals surface area contributed by atoms with E-state index in [0.29, 0.717) is 19.6 Å². The zero-order valence-corrected chi connectivity index (χ0v) is 11.1. The van der Waals surface area contributed by atoms with Gasteiger partial charge in [0.1, 0.15) is 5.82 Å². The van der Waals surface area contributed by atoms with Crippen LogP contribution in [0, 0.1) is 5.82 Å². The van der Waals surface area contributed by atoms with Gasteiger partial charge in [-0.25, -0.2) is 12.8 Å². The molecule has 1 unspecified atom stereocenters. The summed E-state index contributed by atoms with van der Waals surface area (Å²) >= 11 is 0. The van der Waals surface area contributed by atoms with Crippen molar-refractivity contribution in [2.24, 2.45) is 0 Å². The SMILES string of the molecule is CC1CNCCN1S(=O)(=O)Cc1ccccc1F. The van der Waals surface area contributed by atoms with Crippen LogP contribution >= 0.6 is 0 Å². The van der Waals surface area contributed by atoms with E-state index in [2.05, 4.69) is 5.32 Å². The van der Waals surface area contributed by atoms with Gasteiger partial charge in [0.25, 0.3) is 0 Å². The fourth-order valence-corrected chi connectivity index (χ4v) is 3.92. The molecule has 0 aromatic heterocycles. The quantitative estimate of drug-likeness (QED) is 0.891. The number of rotatable bonds is 3. The molecule has 1 saturated heterocycles. The minimum absolute atomic E-state index is 0.0875. The van der Waals surface area contributed by atoms with Crippen molar-refractivity contribution in [2.75, 3.05) is 19.6 Å². The average Bonchev–Trinajstić information content (AvgIpc) is 2.32. The van der Waals surface area contributed by atoms with Crippen molar-refractivity contribution in [3.63, 3.8) is 0 Å². The van der Waals surface area contributed by atoms with Crippen LogP contribution in [0.1, 0.15) is 12.5 Å². The van der Waals surface area contributed by atoms with Crippen molar-refractivity contribution >= 4 is 10.0 Å². The molecular formula is C12H17FN2O2S. The van der Waals surface area contributed by atoms with E-state index >= 15 is 0 Å². The van der Waals surface area contributed by atoms with E-state index < -0.39 is 15.8 Å². The summed E-state index contributed by atoms with van der Waals surface area (Å²) in [5.74, 6) is -0.742. The molecule has 0 aliphatic carbocycles. The highest BCUT2D eigenvalue weighted by molar-refractivity contribution is 7.88. The third-order valence-electron chi connectivity index (χ3n) is 3.09. The van der Waals surface area contributed by atoms with Gasteiger partial charge in [-0.15, -0.1) is 0 Å². The number of benzene rings is 1. The molecule has 0 amide bonds. The number of hydrogen-bond donors (Lipinski definition) is 1. The third kappa shape index (κ3) is 2.88. The predicted octanol–water partition coefficient (Wildman–Crippen LogP) is 0.949. The highest BCUT2D eigenvalue weighted by atomic mass is 32.2. The molecular weight excluding hydrogens is 255 g/mol.